The van der Waals surface area contributed by atoms with Gasteiger partial charge in [0.25, 0.3) is 0 Å². The Balaban J connectivity index is 1.46. The van der Waals surface area contributed by atoms with Gasteiger partial charge < -0.3 is 25.2 Å². The van der Waals surface area contributed by atoms with E-state index in [2.05, 4.69) is 27.5 Å². The Bertz CT molecular complexity index is 1020. The Morgan fingerprint density at radius 1 is 0.971 bits per heavy atom. The molecule has 0 aromatic heterocycles. The molecule has 0 bridgehead atoms. The number of carbonyl (C=O) groups excluding carboxylic acids is 3. The molecule has 0 radical (unpaired) electrons. The van der Waals surface area contributed by atoms with Crippen LogP contribution in [0.1, 0.15) is 36.8 Å². The molecule has 1 unspecified atom stereocenters. The minimum absolute atomic E-state index is 0.0331. The van der Waals surface area contributed by atoms with Crippen LogP contribution in [0.4, 0.5) is 4.79 Å². The number of esters is 1. The van der Waals surface area contributed by atoms with Gasteiger partial charge in [-0.05, 0) is 28.2 Å². The summed E-state index contributed by atoms with van der Waals surface area (Å²) in [4.78, 5) is 46.9. The minimum atomic E-state index is -1.37. The third-order valence-electron chi connectivity index (χ3n) is 5.70. The van der Waals surface area contributed by atoms with E-state index in [0.29, 0.717) is 0 Å². The van der Waals surface area contributed by atoms with Crippen LogP contribution in [0.3, 0.4) is 0 Å². The molecular weight excluding hydrogens is 440 g/mol. The second kappa shape index (κ2) is 11.3. The standard InChI is InChI=1S/C25H28N2O7/c1-15(11-22(28)27-21(24(30)31)12-23(29)33-2)13-26-25(32)34-14-20-18-9-5-3-7-16(18)17-8-4-6-10-19(17)20/h3-10,15,20-21H,11-14H2,1-2H3,(H,26,32)(H,27,28)(H,30,31)/t15?,21-/m1/s1. The zero-order chi connectivity index (χ0) is 24.7. The van der Waals surface area contributed by atoms with E-state index in [1.54, 1.807) is 6.92 Å². The van der Waals surface area contributed by atoms with E-state index >= 15 is 0 Å². The molecule has 2 amide bonds. The Hall–Kier alpha value is -3.88. The zero-order valence-electron chi connectivity index (χ0n) is 19.1. The predicted octanol–water partition coefficient (Wildman–Crippen LogP) is 2.68. The van der Waals surface area contributed by atoms with Crippen LogP contribution in [0.2, 0.25) is 0 Å². The molecule has 34 heavy (non-hydrogen) atoms. The number of benzene rings is 2. The fraction of sp³-hybridized carbons (Fsp3) is 0.360. The first kappa shape index (κ1) is 24.8. The molecule has 9 heteroatoms. The number of alkyl carbamates (subject to hydrolysis) is 1. The van der Waals surface area contributed by atoms with Crippen molar-refractivity contribution in [3.8, 4) is 11.1 Å². The lowest BCUT2D eigenvalue weighted by Crippen LogP contribution is -2.43. The second-order valence-electron chi connectivity index (χ2n) is 8.25. The molecule has 0 aliphatic heterocycles. The molecule has 1 aliphatic rings. The summed E-state index contributed by atoms with van der Waals surface area (Å²) in [6.07, 6.45) is -1.10. The van der Waals surface area contributed by atoms with Crippen molar-refractivity contribution in [2.24, 2.45) is 5.92 Å². The highest BCUT2D eigenvalue weighted by atomic mass is 16.5. The van der Waals surface area contributed by atoms with E-state index in [4.69, 9.17) is 9.84 Å². The van der Waals surface area contributed by atoms with Gasteiger partial charge in [0.15, 0.2) is 0 Å². The molecule has 3 N–H and O–H groups in total. The van der Waals surface area contributed by atoms with Gasteiger partial charge in [0, 0.05) is 18.9 Å². The number of hydrogen-bond donors (Lipinski definition) is 3. The summed E-state index contributed by atoms with van der Waals surface area (Å²) >= 11 is 0. The number of ether oxygens (including phenoxy) is 2. The number of nitrogens with one attached hydrogen (secondary N) is 2. The van der Waals surface area contributed by atoms with Crippen LogP contribution < -0.4 is 10.6 Å². The quantitative estimate of drug-likeness (QED) is 0.457. The third-order valence-corrected chi connectivity index (χ3v) is 5.70. The fourth-order valence-corrected chi connectivity index (χ4v) is 4.00. The van der Waals surface area contributed by atoms with Gasteiger partial charge in [0.2, 0.25) is 5.91 Å². The van der Waals surface area contributed by atoms with E-state index in [-0.39, 0.29) is 31.4 Å². The van der Waals surface area contributed by atoms with Crippen molar-refractivity contribution in [2.45, 2.75) is 31.7 Å². The Morgan fingerprint density at radius 3 is 2.12 bits per heavy atom. The highest BCUT2D eigenvalue weighted by Gasteiger charge is 2.29. The van der Waals surface area contributed by atoms with Crippen molar-refractivity contribution in [1.82, 2.24) is 10.6 Å². The van der Waals surface area contributed by atoms with E-state index in [1.807, 2.05) is 36.4 Å². The lowest BCUT2D eigenvalue weighted by molar-refractivity contribution is -0.148. The number of rotatable bonds is 10. The van der Waals surface area contributed by atoms with Gasteiger partial charge in [-0.2, -0.15) is 0 Å². The van der Waals surface area contributed by atoms with E-state index in [1.165, 1.54) is 0 Å². The van der Waals surface area contributed by atoms with Gasteiger partial charge in [-0.25, -0.2) is 9.59 Å². The lowest BCUT2D eigenvalue weighted by atomic mass is 9.98. The Morgan fingerprint density at radius 2 is 1.56 bits per heavy atom. The third kappa shape index (κ3) is 6.12. The van der Waals surface area contributed by atoms with Crippen molar-refractivity contribution in [1.29, 1.82) is 0 Å². The molecule has 9 nitrogen and oxygen atoms in total. The zero-order valence-corrected chi connectivity index (χ0v) is 19.1. The number of carbonyl (C=O) groups is 4. The molecule has 2 atom stereocenters. The molecule has 0 saturated heterocycles. The van der Waals surface area contributed by atoms with Gasteiger partial charge >= 0.3 is 18.0 Å². The summed E-state index contributed by atoms with van der Waals surface area (Å²) in [5.74, 6) is -2.95. The molecule has 0 saturated carbocycles. The average Bonchev–Trinajstić information content (AvgIpc) is 3.14. The highest BCUT2D eigenvalue weighted by molar-refractivity contribution is 5.87. The first-order valence-corrected chi connectivity index (χ1v) is 11.0. The molecule has 0 spiro atoms. The number of methoxy groups -OCH3 is 1. The lowest BCUT2D eigenvalue weighted by Gasteiger charge is -2.17. The SMILES string of the molecule is COC(=O)C[C@@H](NC(=O)CC(C)CNC(=O)OCC1c2ccccc2-c2ccccc21)C(=O)O. The second-order valence-corrected chi connectivity index (χ2v) is 8.25. The van der Waals surface area contributed by atoms with Gasteiger partial charge in [-0.15, -0.1) is 0 Å². The summed E-state index contributed by atoms with van der Waals surface area (Å²) in [5, 5.41) is 14.1. The van der Waals surface area contributed by atoms with Crippen LogP contribution in [-0.4, -0.2) is 55.3 Å². The number of amides is 2. The summed E-state index contributed by atoms with van der Waals surface area (Å²) < 4.78 is 9.91. The first-order chi connectivity index (χ1) is 16.3. The molecule has 3 rings (SSSR count). The Kier molecular flexibility index (Phi) is 8.24. The summed E-state index contributed by atoms with van der Waals surface area (Å²) in [6, 6.07) is 14.7. The number of carboxylic acid groups (broad SMARTS) is 1. The van der Waals surface area contributed by atoms with Crippen molar-refractivity contribution >= 4 is 23.9 Å². The topological polar surface area (TPSA) is 131 Å². The van der Waals surface area contributed by atoms with Gasteiger partial charge in [0.05, 0.1) is 13.5 Å². The number of carboxylic acids is 1. The van der Waals surface area contributed by atoms with Crippen LogP contribution in [0.15, 0.2) is 48.5 Å². The molecule has 180 valence electrons. The highest BCUT2D eigenvalue weighted by Crippen LogP contribution is 2.44. The molecular formula is C25H28N2O7. The van der Waals surface area contributed by atoms with Crippen LogP contribution in [0.25, 0.3) is 11.1 Å². The normalized spacial score (nSPS) is 13.7. The van der Waals surface area contributed by atoms with E-state index in [0.717, 1.165) is 29.4 Å². The van der Waals surface area contributed by atoms with Crippen molar-refractivity contribution < 1.29 is 33.8 Å². The maximum Gasteiger partial charge on any atom is 0.407 e. The van der Waals surface area contributed by atoms with Crippen molar-refractivity contribution in [3.05, 3.63) is 59.7 Å². The largest absolute Gasteiger partial charge is 0.480 e. The smallest absolute Gasteiger partial charge is 0.407 e. The molecule has 0 fully saturated rings. The van der Waals surface area contributed by atoms with Crippen LogP contribution in [0, 0.1) is 5.92 Å². The van der Waals surface area contributed by atoms with Gasteiger partial charge in [-0.1, -0.05) is 55.5 Å². The maximum atomic E-state index is 12.3. The molecule has 2 aromatic rings. The first-order valence-electron chi connectivity index (χ1n) is 11.0. The number of fused-ring (bicyclic) bond motifs is 3. The maximum absolute atomic E-state index is 12.3. The van der Waals surface area contributed by atoms with Crippen LogP contribution >= 0.6 is 0 Å². The van der Waals surface area contributed by atoms with Crippen molar-refractivity contribution in [3.63, 3.8) is 0 Å². The van der Waals surface area contributed by atoms with Crippen molar-refractivity contribution in [2.75, 3.05) is 20.3 Å². The molecule has 2 aromatic carbocycles. The summed E-state index contributed by atoms with van der Waals surface area (Å²) in [5.41, 5.74) is 4.50. The minimum Gasteiger partial charge on any atom is -0.480 e. The van der Waals surface area contributed by atoms with E-state index in [9.17, 15) is 19.2 Å². The monoisotopic (exact) mass is 468 g/mol. The summed E-state index contributed by atoms with van der Waals surface area (Å²) in [6.45, 7) is 2.08. The van der Waals surface area contributed by atoms with Gasteiger partial charge in [0.1, 0.15) is 12.6 Å². The predicted molar refractivity (Wildman–Crippen MR) is 123 cm³/mol. The average molecular weight is 469 g/mol. The molecule has 1 aliphatic carbocycles. The fourth-order valence-electron chi connectivity index (χ4n) is 4.00. The summed E-state index contributed by atoms with van der Waals surface area (Å²) in [7, 11) is 1.14. The molecule has 0 heterocycles. The van der Waals surface area contributed by atoms with E-state index < -0.39 is 36.4 Å². The van der Waals surface area contributed by atoms with Crippen LogP contribution in [-0.2, 0) is 23.9 Å². The Labute approximate surface area is 197 Å². The van der Waals surface area contributed by atoms with Crippen LogP contribution in [0.5, 0.6) is 0 Å². The number of hydrogen-bond acceptors (Lipinski definition) is 6. The number of aliphatic carboxylic acids is 1. The van der Waals surface area contributed by atoms with Gasteiger partial charge in [-0.3, -0.25) is 9.59 Å².